The second-order valence-electron chi connectivity index (χ2n) is 6.92. The molecule has 0 saturated carbocycles. The Bertz CT molecular complexity index is 890. The minimum absolute atomic E-state index is 0.118. The van der Waals surface area contributed by atoms with E-state index in [1.807, 2.05) is 19.1 Å². The van der Waals surface area contributed by atoms with E-state index < -0.39 is 0 Å². The van der Waals surface area contributed by atoms with Crippen LogP contribution in [0.15, 0.2) is 47.5 Å². The van der Waals surface area contributed by atoms with Crippen molar-refractivity contribution in [2.75, 3.05) is 0 Å². The van der Waals surface area contributed by atoms with E-state index in [0.29, 0.717) is 11.1 Å². The summed E-state index contributed by atoms with van der Waals surface area (Å²) in [5.74, 6) is -0.439. The molecule has 0 saturated heterocycles. The molecule has 0 spiro atoms. The van der Waals surface area contributed by atoms with Gasteiger partial charge in [0.15, 0.2) is 0 Å². The van der Waals surface area contributed by atoms with Crippen LogP contribution in [-0.4, -0.2) is 22.4 Å². The summed E-state index contributed by atoms with van der Waals surface area (Å²) >= 11 is 0. The summed E-state index contributed by atoms with van der Waals surface area (Å²) in [6.45, 7) is 6.60. The van der Waals surface area contributed by atoms with E-state index in [-0.39, 0.29) is 23.8 Å². The molecule has 2 heterocycles. The minimum atomic E-state index is -0.220. The molecule has 24 heavy (non-hydrogen) atoms. The molecule has 0 bridgehead atoms. The van der Waals surface area contributed by atoms with Gasteiger partial charge in [-0.25, -0.2) is 0 Å². The summed E-state index contributed by atoms with van der Waals surface area (Å²) in [4.78, 5) is 30.9. The summed E-state index contributed by atoms with van der Waals surface area (Å²) in [6, 6.07) is 13.0. The number of carbonyl (C=O) groups is 2. The Morgan fingerprint density at radius 3 is 2.25 bits per heavy atom. The summed E-state index contributed by atoms with van der Waals surface area (Å²) in [5, 5.41) is 0. The van der Waals surface area contributed by atoms with E-state index in [9.17, 15) is 9.59 Å². The van der Waals surface area contributed by atoms with Crippen LogP contribution in [0.5, 0.6) is 0 Å². The number of benzene rings is 2. The Hall–Kier alpha value is -2.75. The summed E-state index contributed by atoms with van der Waals surface area (Å²) in [5.41, 5.74) is 5.01. The fraction of sp³-hybridized carbons (Fsp3) is 0.250. The molecule has 120 valence electrons. The number of carbonyl (C=O) groups excluding carboxylic acids is 2. The highest BCUT2D eigenvalue weighted by atomic mass is 16.2. The highest BCUT2D eigenvalue weighted by Gasteiger charge is 2.36. The molecule has 0 atom stereocenters. The van der Waals surface area contributed by atoms with Gasteiger partial charge in [-0.3, -0.25) is 19.5 Å². The SMILES string of the molecule is CC1=Nc2ccc(CN3C(=O)c4ccccc4C3=O)cc2C1(C)C. The second kappa shape index (κ2) is 4.87. The van der Waals surface area contributed by atoms with Crippen molar-refractivity contribution in [2.45, 2.75) is 32.7 Å². The normalized spacial score (nSPS) is 17.8. The lowest BCUT2D eigenvalue weighted by Gasteiger charge is -2.21. The lowest BCUT2D eigenvalue weighted by atomic mass is 9.81. The average molecular weight is 318 g/mol. The molecule has 4 nitrogen and oxygen atoms in total. The van der Waals surface area contributed by atoms with Gasteiger partial charge in [-0.05, 0) is 36.2 Å². The second-order valence-corrected chi connectivity index (χ2v) is 6.92. The Morgan fingerprint density at radius 1 is 1.00 bits per heavy atom. The minimum Gasteiger partial charge on any atom is -0.270 e. The van der Waals surface area contributed by atoms with E-state index >= 15 is 0 Å². The van der Waals surface area contributed by atoms with E-state index in [4.69, 9.17) is 0 Å². The van der Waals surface area contributed by atoms with Crippen LogP contribution in [0, 0.1) is 0 Å². The Morgan fingerprint density at radius 2 is 1.62 bits per heavy atom. The van der Waals surface area contributed by atoms with Crippen molar-refractivity contribution < 1.29 is 9.59 Å². The zero-order chi connectivity index (χ0) is 17.1. The fourth-order valence-corrected chi connectivity index (χ4v) is 3.36. The van der Waals surface area contributed by atoms with Gasteiger partial charge in [0, 0.05) is 11.1 Å². The predicted molar refractivity (Wildman–Crippen MR) is 92.9 cm³/mol. The van der Waals surface area contributed by atoms with Crippen molar-refractivity contribution in [3.05, 3.63) is 64.7 Å². The van der Waals surface area contributed by atoms with Crippen LogP contribution in [0.2, 0.25) is 0 Å². The van der Waals surface area contributed by atoms with Crippen molar-refractivity contribution >= 4 is 23.2 Å². The van der Waals surface area contributed by atoms with Crippen LogP contribution in [0.1, 0.15) is 52.6 Å². The number of imide groups is 1. The molecule has 2 aromatic carbocycles. The van der Waals surface area contributed by atoms with Crippen LogP contribution in [0.3, 0.4) is 0 Å². The Labute approximate surface area is 140 Å². The molecular formula is C20H18N2O2. The molecule has 4 heteroatoms. The molecule has 0 N–H and O–H groups in total. The molecule has 2 aromatic rings. The predicted octanol–water partition coefficient (Wildman–Crippen LogP) is 3.87. The molecule has 0 aromatic heterocycles. The quantitative estimate of drug-likeness (QED) is 0.789. The molecule has 2 amide bonds. The molecule has 0 radical (unpaired) electrons. The maximum absolute atomic E-state index is 12.5. The maximum Gasteiger partial charge on any atom is 0.261 e. The average Bonchev–Trinajstić information content (AvgIpc) is 2.94. The first-order valence-electron chi connectivity index (χ1n) is 8.04. The van der Waals surface area contributed by atoms with E-state index in [1.165, 1.54) is 4.90 Å². The standard InChI is InChI=1S/C20H18N2O2/c1-12-20(2,3)16-10-13(8-9-17(16)21-12)11-22-18(23)14-6-4-5-7-15(14)19(22)24/h4-10H,11H2,1-3H3. The molecule has 0 fully saturated rings. The number of amides is 2. The van der Waals surface area contributed by atoms with Crippen LogP contribution in [-0.2, 0) is 12.0 Å². The largest absolute Gasteiger partial charge is 0.270 e. The first kappa shape index (κ1) is 14.8. The van der Waals surface area contributed by atoms with Gasteiger partial charge < -0.3 is 0 Å². The smallest absolute Gasteiger partial charge is 0.261 e. The lowest BCUT2D eigenvalue weighted by Crippen LogP contribution is -2.29. The van der Waals surface area contributed by atoms with Crippen LogP contribution in [0.4, 0.5) is 5.69 Å². The summed E-state index contributed by atoms with van der Waals surface area (Å²) in [6.07, 6.45) is 0. The molecule has 0 unspecified atom stereocenters. The Balaban J connectivity index is 1.66. The maximum atomic E-state index is 12.5. The zero-order valence-corrected chi connectivity index (χ0v) is 14.0. The number of fused-ring (bicyclic) bond motifs is 2. The number of aliphatic imine (C=N–C) groups is 1. The molecule has 4 rings (SSSR count). The lowest BCUT2D eigenvalue weighted by molar-refractivity contribution is 0.0642. The van der Waals surface area contributed by atoms with Crippen molar-refractivity contribution in [1.29, 1.82) is 0 Å². The van der Waals surface area contributed by atoms with Crippen molar-refractivity contribution in [3.8, 4) is 0 Å². The van der Waals surface area contributed by atoms with Crippen molar-refractivity contribution in [3.63, 3.8) is 0 Å². The summed E-state index contributed by atoms with van der Waals surface area (Å²) in [7, 11) is 0. The molecule has 2 aliphatic rings. The third kappa shape index (κ3) is 1.96. The summed E-state index contributed by atoms with van der Waals surface area (Å²) < 4.78 is 0. The van der Waals surface area contributed by atoms with E-state index in [0.717, 1.165) is 22.5 Å². The number of hydrogen-bond donors (Lipinski definition) is 0. The number of nitrogens with zero attached hydrogens (tertiary/aromatic N) is 2. The molecule has 2 aliphatic heterocycles. The third-order valence-corrected chi connectivity index (χ3v) is 5.15. The highest BCUT2D eigenvalue weighted by molar-refractivity contribution is 6.21. The molecular weight excluding hydrogens is 300 g/mol. The van der Waals surface area contributed by atoms with Gasteiger partial charge in [0.25, 0.3) is 11.8 Å². The van der Waals surface area contributed by atoms with Gasteiger partial charge in [-0.2, -0.15) is 0 Å². The fourth-order valence-electron chi connectivity index (χ4n) is 3.36. The van der Waals surface area contributed by atoms with E-state index in [2.05, 4.69) is 24.9 Å². The van der Waals surface area contributed by atoms with Crippen LogP contribution in [0.25, 0.3) is 0 Å². The van der Waals surface area contributed by atoms with Gasteiger partial charge in [-0.15, -0.1) is 0 Å². The van der Waals surface area contributed by atoms with Gasteiger partial charge in [0.1, 0.15) is 0 Å². The number of rotatable bonds is 2. The monoisotopic (exact) mass is 318 g/mol. The first-order chi connectivity index (χ1) is 11.4. The van der Waals surface area contributed by atoms with Crippen molar-refractivity contribution in [1.82, 2.24) is 4.90 Å². The number of hydrogen-bond acceptors (Lipinski definition) is 3. The van der Waals surface area contributed by atoms with Gasteiger partial charge in [-0.1, -0.05) is 38.1 Å². The molecule has 0 aliphatic carbocycles. The van der Waals surface area contributed by atoms with Crippen LogP contribution < -0.4 is 0 Å². The Kier molecular flexibility index (Phi) is 3.01. The van der Waals surface area contributed by atoms with Gasteiger partial charge in [0.2, 0.25) is 0 Å². The third-order valence-electron chi connectivity index (χ3n) is 5.15. The van der Waals surface area contributed by atoms with Gasteiger partial charge >= 0.3 is 0 Å². The first-order valence-corrected chi connectivity index (χ1v) is 8.04. The zero-order valence-electron chi connectivity index (χ0n) is 14.0. The van der Waals surface area contributed by atoms with Crippen LogP contribution >= 0.6 is 0 Å². The topological polar surface area (TPSA) is 49.7 Å². The van der Waals surface area contributed by atoms with E-state index in [1.54, 1.807) is 24.3 Å². The van der Waals surface area contributed by atoms with Crippen molar-refractivity contribution in [2.24, 2.45) is 4.99 Å². The van der Waals surface area contributed by atoms with Gasteiger partial charge in [0.05, 0.1) is 23.4 Å². The highest BCUT2D eigenvalue weighted by Crippen LogP contribution is 2.40.